The van der Waals surface area contributed by atoms with Gasteiger partial charge >= 0.3 is 5.97 Å². The number of H-pyrrole nitrogens is 1. The lowest BCUT2D eigenvalue weighted by atomic mass is 10.1. The van der Waals surface area contributed by atoms with Gasteiger partial charge in [0.25, 0.3) is 5.56 Å². The number of aromatic carboxylic acids is 1. The minimum atomic E-state index is -1.45. The van der Waals surface area contributed by atoms with Crippen LogP contribution in [0.3, 0.4) is 0 Å². The number of aromatic nitrogens is 1. The van der Waals surface area contributed by atoms with E-state index < -0.39 is 52.4 Å². The van der Waals surface area contributed by atoms with Gasteiger partial charge in [-0.1, -0.05) is 11.6 Å². The average molecular weight is 425 g/mol. The fourth-order valence-electron chi connectivity index (χ4n) is 2.80. The number of halogens is 4. The molecule has 0 aliphatic heterocycles. The Kier molecular flexibility index (Phi) is 5.60. The third-order valence-electron chi connectivity index (χ3n) is 4.18. The Morgan fingerprint density at radius 3 is 2.48 bits per heavy atom. The molecule has 150 valence electrons. The van der Waals surface area contributed by atoms with Gasteiger partial charge in [0.2, 0.25) is 5.91 Å². The van der Waals surface area contributed by atoms with Crippen molar-refractivity contribution < 1.29 is 27.9 Å². The molecule has 0 unspecified atom stereocenters. The molecule has 29 heavy (non-hydrogen) atoms. The maximum absolute atomic E-state index is 13.7. The molecule has 0 fully saturated rings. The highest BCUT2D eigenvalue weighted by Crippen LogP contribution is 2.23. The first-order chi connectivity index (χ1) is 13.7. The molecule has 3 aromatic rings. The molecule has 0 aliphatic rings. The molecule has 1 amide bonds. The highest BCUT2D eigenvalue weighted by Gasteiger charge is 2.18. The fourth-order valence-corrected chi connectivity index (χ4v) is 3.05. The molecule has 10 heteroatoms. The maximum Gasteiger partial charge on any atom is 0.341 e. The summed E-state index contributed by atoms with van der Waals surface area (Å²) in [5.74, 6) is -5.99. The number of nitrogens with one attached hydrogen (secondary N) is 2. The van der Waals surface area contributed by atoms with Gasteiger partial charge in [0.15, 0.2) is 11.6 Å². The minimum Gasteiger partial charge on any atom is -0.477 e. The molecule has 3 rings (SSSR count). The van der Waals surface area contributed by atoms with Gasteiger partial charge in [0.05, 0.1) is 11.9 Å². The lowest BCUT2D eigenvalue weighted by Gasteiger charge is -2.11. The van der Waals surface area contributed by atoms with Gasteiger partial charge in [-0.15, -0.1) is 0 Å². The van der Waals surface area contributed by atoms with Gasteiger partial charge < -0.3 is 15.4 Å². The second-order valence-electron chi connectivity index (χ2n) is 6.12. The smallest absolute Gasteiger partial charge is 0.341 e. The van der Waals surface area contributed by atoms with Crippen molar-refractivity contribution in [3.05, 3.63) is 79.9 Å². The average Bonchev–Trinajstić information content (AvgIpc) is 2.66. The molecule has 0 saturated heterocycles. The molecular formula is C19H12ClF3N2O4. The van der Waals surface area contributed by atoms with Crippen LogP contribution in [0.15, 0.2) is 35.1 Å². The Labute approximate surface area is 165 Å². The molecule has 3 N–H and O–H groups in total. The Bertz CT molecular complexity index is 1210. The van der Waals surface area contributed by atoms with Crippen molar-refractivity contribution in [3.63, 3.8) is 0 Å². The van der Waals surface area contributed by atoms with Crippen molar-refractivity contribution in [3.8, 4) is 0 Å². The lowest BCUT2D eigenvalue weighted by Crippen LogP contribution is -2.26. The van der Waals surface area contributed by atoms with Gasteiger partial charge in [-0.25, -0.2) is 18.0 Å². The van der Waals surface area contributed by atoms with Crippen molar-refractivity contribution in [2.24, 2.45) is 0 Å². The maximum atomic E-state index is 13.7. The van der Waals surface area contributed by atoms with Crippen molar-refractivity contribution >= 4 is 34.4 Å². The lowest BCUT2D eigenvalue weighted by molar-refractivity contribution is -0.120. The summed E-state index contributed by atoms with van der Waals surface area (Å²) in [5, 5.41) is 12.0. The van der Waals surface area contributed by atoms with Crippen molar-refractivity contribution in [1.82, 2.24) is 10.3 Å². The highest BCUT2D eigenvalue weighted by atomic mass is 35.5. The summed E-state index contributed by atoms with van der Waals surface area (Å²) in [5.41, 5.74) is -1.45. The second-order valence-corrected chi connectivity index (χ2v) is 6.56. The molecule has 0 saturated carbocycles. The van der Waals surface area contributed by atoms with Crippen molar-refractivity contribution in [1.29, 1.82) is 0 Å². The predicted octanol–water partition coefficient (Wildman–Crippen LogP) is 3.16. The highest BCUT2D eigenvalue weighted by molar-refractivity contribution is 6.31. The molecule has 0 atom stereocenters. The number of carbonyl (C=O) groups is 2. The summed E-state index contributed by atoms with van der Waals surface area (Å²) < 4.78 is 40.6. The zero-order valence-electron chi connectivity index (χ0n) is 14.5. The normalized spacial score (nSPS) is 10.9. The van der Waals surface area contributed by atoms with Crippen molar-refractivity contribution in [2.45, 2.75) is 13.0 Å². The summed E-state index contributed by atoms with van der Waals surface area (Å²) in [7, 11) is 0. The van der Waals surface area contributed by atoms with E-state index >= 15 is 0 Å². The zero-order chi connectivity index (χ0) is 21.3. The van der Waals surface area contributed by atoms with Crippen LogP contribution in [0.2, 0.25) is 5.02 Å². The number of pyridine rings is 1. The number of hydrogen-bond acceptors (Lipinski definition) is 3. The van der Waals surface area contributed by atoms with Gasteiger partial charge in [-0.2, -0.15) is 0 Å². The number of benzene rings is 2. The molecule has 0 aliphatic carbocycles. The molecule has 0 spiro atoms. The quantitative estimate of drug-likeness (QED) is 0.548. The molecule has 1 heterocycles. The molecule has 2 aromatic carbocycles. The van der Waals surface area contributed by atoms with E-state index in [1.807, 2.05) is 0 Å². The van der Waals surface area contributed by atoms with Gasteiger partial charge in [0, 0.05) is 22.5 Å². The first-order valence-corrected chi connectivity index (χ1v) is 8.53. The van der Waals surface area contributed by atoms with Crippen LogP contribution < -0.4 is 10.9 Å². The van der Waals surface area contributed by atoms with Crippen LogP contribution in [0.1, 0.15) is 21.5 Å². The Balaban J connectivity index is 1.86. The van der Waals surface area contributed by atoms with E-state index in [4.69, 9.17) is 16.7 Å². The summed E-state index contributed by atoms with van der Waals surface area (Å²) in [6, 6.07) is 5.35. The molecule has 0 bridgehead atoms. The SMILES string of the molecule is O=C(Cc1c(F)ccc(F)c1F)NCc1cc(Cl)cc2cc(C(=O)O)c(=O)[nH]c12. The molecule has 1 aromatic heterocycles. The summed E-state index contributed by atoms with van der Waals surface area (Å²) in [6.07, 6.45) is -0.742. The van der Waals surface area contributed by atoms with Crippen LogP contribution in [-0.2, 0) is 17.8 Å². The summed E-state index contributed by atoms with van der Waals surface area (Å²) in [6.45, 7) is -0.184. The predicted molar refractivity (Wildman–Crippen MR) is 98.4 cm³/mol. The van der Waals surface area contributed by atoms with E-state index in [1.54, 1.807) is 0 Å². The van der Waals surface area contributed by atoms with Crippen LogP contribution in [0.4, 0.5) is 13.2 Å². The molecular weight excluding hydrogens is 413 g/mol. The van der Waals surface area contributed by atoms with E-state index in [-0.39, 0.29) is 17.1 Å². The third-order valence-corrected chi connectivity index (χ3v) is 4.40. The summed E-state index contributed by atoms with van der Waals surface area (Å²) in [4.78, 5) is 37.5. The topological polar surface area (TPSA) is 99.3 Å². The fraction of sp³-hybridized carbons (Fsp3) is 0.105. The first-order valence-electron chi connectivity index (χ1n) is 8.15. The number of amides is 1. The van der Waals surface area contributed by atoms with E-state index in [1.165, 1.54) is 12.1 Å². The van der Waals surface area contributed by atoms with Crippen molar-refractivity contribution in [2.75, 3.05) is 0 Å². The van der Waals surface area contributed by atoms with Gasteiger partial charge in [0.1, 0.15) is 11.4 Å². The number of fused-ring (bicyclic) bond motifs is 1. The number of aromatic amines is 1. The van der Waals surface area contributed by atoms with Crippen LogP contribution in [-0.4, -0.2) is 22.0 Å². The Hall–Kier alpha value is -3.33. The number of carboxylic acids is 1. The van der Waals surface area contributed by atoms with Crippen LogP contribution in [0.5, 0.6) is 0 Å². The first kappa shape index (κ1) is 20.4. The van der Waals surface area contributed by atoms with Crippen LogP contribution in [0.25, 0.3) is 10.9 Å². The van der Waals surface area contributed by atoms with E-state index in [0.717, 1.165) is 12.1 Å². The second kappa shape index (κ2) is 7.96. The Morgan fingerprint density at radius 2 is 1.79 bits per heavy atom. The third kappa shape index (κ3) is 4.24. The molecule has 0 radical (unpaired) electrons. The van der Waals surface area contributed by atoms with E-state index in [2.05, 4.69) is 10.3 Å². The van der Waals surface area contributed by atoms with Gasteiger partial charge in [-0.05, 0) is 35.9 Å². The Morgan fingerprint density at radius 1 is 1.10 bits per heavy atom. The van der Waals surface area contributed by atoms with Crippen LogP contribution >= 0.6 is 11.6 Å². The number of carboxylic acid groups (broad SMARTS) is 1. The van der Waals surface area contributed by atoms with E-state index in [0.29, 0.717) is 17.0 Å². The largest absolute Gasteiger partial charge is 0.477 e. The number of hydrogen-bond donors (Lipinski definition) is 3. The minimum absolute atomic E-state index is 0.184. The summed E-state index contributed by atoms with van der Waals surface area (Å²) >= 11 is 6.01. The number of rotatable bonds is 5. The standard InChI is InChI=1S/C19H12ClF3N2O4/c20-10-3-8-5-12(19(28)29)18(27)25-17(8)9(4-10)7-24-15(26)6-11-13(21)1-2-14(22)16(11)23/h1-5H,6-7H2,(H,24,26)(H,25,27)(H,28,29). The monoisotopic (exact) mass is 424 g/mol. The molecule has 6 nitrogen and oxygen atoms in total. The van der Waals surface area contributed by atoms with Crippen LogP contribution in [0, 0.1) is 17.5 Å². The zero-order valence-corrected chi connectivity index (χ0v) is 15.2. The van der Waals surface area contributed by atoms with E-state index in [9.17, 15) is 27.6 Å². The number of carbonyl (C=O) groups excluding carboxylic acids is 1. The van der Waals surface area contributed by atoms with Gasteiger partial charge in [-0.3, -0.25) is 9.59 Å².